The monoisotopic (exact) mass is 261 g/mol. The third-order valence-corrected chi connectivity index (χ3v) is 3.61. The fourth-order valence-corrected chi connectivity index (χ4v) is 2.45. The molecule has 0 atom stereocenters. The summed E-state index contributed by atoms with van der Waals surface area (Å²) in [5, 5.41) is 8.79. The summed E-state index contributed by atoms with van der Waals surface area (Å²) >= 11 is 0. The van der Waals surface area contributed by atoms with Crippen molar-refractivity contribution in [2.45, 2.75) is 25.0 Å². The number of ether oxygens (including phenoxy) is 1. The number of rotatable bonds is 3. The van der Waals surface area contributed by atoms with Crippen LogP contribution in [0.1, 0.15) is 12.8 Å². The maximum absolute atomic E-state index is 11.9. The van der Waals surface area contributed by atoms with Crippen molar-refractivity contribution in [2.75, 3.05) is 12.4 Å². The lowest BCUT2D eigenvalue weighted by atomic mass is 9.89. The van der Waals surface area contributed by atoms with Gasteiger partial charge in [-0.15, -0.1) is 0 Å². The molecule has 0 saturated heterocycles. The van der Waals surface area contributed by atoms with Gasteiger partial charge in [-0.1, -0.05) is 6.07 Å². The summed E-state index contributed by atoms with van der Waals surface area (Å²) in [6.07, 6.45) is 2.11. The fourth-order valence-electron chi connectivity index (χ4n) is 2.45. The Kier molecular flexibility index (Phi) is 2.87. The number of hydrogen-bond donors (Lipinski definition) is 3. The largest absolute Gasteiger partial charge is 0.381 e. The van der Waals surface area contributed by atoms with E-state index in [0.717, 1.165) is 12.8 Å². The zero-order valence-electron chi connectivity index (χ0n) is 10.5. The van der Waals surface area contributed by atoms with Crippen LogP contribution in [0.5, 0.6) is 0 Å². The van der Waals surface area contributed by atoms with E-state index in [-0.39, 0.29) is 23.3 Å². The predicted octanol–water partition coefficient (Wildman–Crippen LogP) is 0.806. The molecule has 0 bridgehead atoms. The molecule has 3 N–H and O–H groups in total. The summed E-state index contributed by atoms with van der Waals surface area (Å²) in [6, 6.07) is 5.52. The molecule has 2 aromatic rings. The zero-order chi connectivity index (χ0) is 13.4. The van der Waals surface area contributed by atoms with Crippen molar-refractivity contribution in [3.05, 3.63) is 38.9 Å². The Morgan fingerprint density at radius 3 is 2.68 bits per heavy atom. The molecule has 6 nitrogen and oxygen atoms in total. The first-order chi connectivity index (χ1) is 9.19. The zero-order valence-corrected chi connectivity index (χ0v) is 10.5. The van der Waals surface area contributed by atoms with Crippen molar-refractivity contribution in [3.8, 4) is 0 Å². The minimum absolute atomic E-state index is 0.286. The molecule has 0 spiro atoms. The molecule has 0 aliphatic heterocycles. The lowest BCUT2D eigenvalue weighted by Gasteiger charge is -2.35. The van der Waals surface area contributed by atoms with Crippen LogP contribution in [0.2, 0.25) is 0 Å². The lowest BCUT2D eigenvalue weighted by molar-refractivity contribution is 0.0329. The summed E-state index contributed by atoms with van der Waals surface area (Å²) in [5.41, 5.74) is 0.117. The fraction of sp³-hybridized carbons (Fsp3) is 0.385. The maximum atomic E-state index is 11.9. The Morgan fingerprint density at radius 2 is 1.95 bits per heavy atom. The second-order valence-corrected chi connectivity index (χ2v) is 4.81. The number of anilines is 1. The van der Waals surface area contributed by atoms with Gasteiger partial charge in [-0.05, 0) is 25.0 Å². The summed E-state index contributed by atoms with van der Waals surface area (Å²) in [5.74, 6) is 0. The molecule has 19 heavy (non-hydrogen) atoms. The van der Waals surface area contributed by atoms with Gasteiger partial charge in [-0.2, -0.15) is 0 Å². The molecule has 1 aromatic carbocycles. The summed E-state index contributed by atoms with van der Waals surface area (Å²) in [7, 11) is 1.70. The Bertz CT molecular complexity index is 713. The highest BCUT2D eigenvalue weighted by Crippen LogP contribution is 2.28. The van der Waals surface area contributed by atoms with Gasteiger partial charge in [0.25, 0.3) is 11.1 Å². The average molecular weight is 261 g/mol. The van der Waals surface area contributed by atoms with Crippen molar-refractivity contribution < 1.29 is 4.74 Å². The molecular weight excluding hydrogens is 246 g/mol. The van der Waals surface area contributed by atoms with Gasteiger partial charge in [0.05, 0.1) is 16.9 Å². The van der Waals surface area contributed by atoms with E-state index in [1.165, 1.54) is 0 Å². The van der Waals surface area contributed by atoms with E-state index in [1.54, 1.807) is 19.2 Å². The molecule has 6 heteroatoms. The van der Waals surface area contributed by atoms with Crippen LogP contribution >= 0.6 is 0 Å². The van der Waals surface area contributed by atoms with Gasteiger partial charge in [0, 0.05) is 18.8 Å². The number of nitrogens with one attached hydrogen (secondary N) is 3. The topological polar surface area (TPSA) is 87.0 Å². The van der Waals surface area contributed by atoms with Crippen molar-refractivity contribution in [2.24, 2.45) is 0 Å². The summed E-state index contributed by atoms with van der Waals surface area (Å²) in [6.45, 7) is 0. The second kappa shape index (κ2) is 4.55. The van der Waals surface area contributed by atoms with Crippen LogP contribution < -0.4 is 16.4 Å². The normalized spacial score (nSPS) is 22.2. The van der Waals surface area contributed by atoms with Gasteiger partial charge in [0.15, 0.2) is 0 Å². The van der Waals surface area contributed by atoms with Gasteiger partial charge in [-0.25, -0.2) is 0 Å². The van der Waals surface area contributed by atoms with E-state index >= 15 is 0 Å². The van der Waals surface area contributed by atoms with Crippen LogP contribution in [-0.2, 0) is 4.74 Å². The SMILES string of the molecule is COC1CC(Nc2cccc3c(=O)[nH][nH]c(=O)c23)C1. The van der Waals surface area contributed by atoms with E-state index in [2.05, 4.69) is 15.5 Å². The molecule has 1 heterocycles. The molecule has 1 fully saturated rings. The molecule has 0 unspecified atom stereocenters. The molecule has 1 aliphatic carbocycles. The van der Waals surface area contributed by atoms with E-state index in [1.807, 2.05) is 6.07 Å². The van der Waals surface area contributed by atoms with E-state index in [0.29, 0.717) is 16.5 Å². The van der Waals surface area contributed by atoms with E-state index in [4.69, 9.17) is 4.74 Å². The molecule has 0 amide bonds. The number of methoxy groups -OCH3 is 1. The molecule has 1 aromatic heterocycles. The Hall–Kier alpha value is -2.08. The van der Waals surface area contributed by atoms with Gasteiger partial charge in [0.2, 0.25) is 0 Å². The first-order valence-corrected chi connectivity index (χ1v) is 6.22. The molecule has 100 valence electrons. The Morgan fingerprint density at radius 1 is 1.21 bits per heavy atom. The van der Waals surface area contributed by atoms with Crippen molar-refractivity contribution in [3.63, 3.8) is 0 Å². The Balaban J connectivity index is 1.98. The van der Waals surface area contributed by atoms with Crippen molar-refractivity contribution >= 4 is 16.5 Å². The van der Waals surface area contributed by atoms with Gasteiger partial charge in [0.1, 0.15) is 0 Å². The number of benzene rings is 1. The number of aromatic amines is 2. The number of fused-ring (bicyclic) bond motifs is 1. The molecular formula is C13H15N3O3. The van der Waals surface area contributed by atoms with Crippen LogP contribution in [0.4, 0.5) is 5.69 Å². The second-order valence-electron chi connectivity index (χ2n) is 4.81. The van der Waals surface area contributed by atoms with Crippen LogP contribution in [0.25, 0.3) is 10.8 Å². The standard InChI is InChI=1S/C13H15N3O3/c1-19-8-5-7(6-8)14-10-4-2-3-9-11(10)13(18)16-15-12(9)17/h2-4,7-8,14H,5-6H2,1H3,(H,15,17)(H,16,18). The minimum atomic E-state index is -0.291. The molecule has 0 radical (unpaired) electrons. The molecule has 1 aliphatic rings. The first kappa shape index (κ1) is 12.0. The predicted molar refractivity (Wildman–Crippen MR) is 72.6 cm³/mol. The highest BCUT2D eigenvalue weighted by atomic mass is 16.5. The molecule has 3 rings (SSSR count). The van der Waals surface area contributed by atoms with Crippen molar-refractivity contribution in [1.82, 2.24) is 10.2 Å². The summed E-state index contributed by atoms with van der Waals surface area (Å²) in [4.78, 5) is 23.5. The third kappa shape index (κ3) is 2.04. The third-order valence-electron chi connectivity index (χ3n) is 3.61. The van der Waals surface area contributed by atoms with Crippen LogP contribution in [0.15, 0.2) is 27.8 Å². The summed E-state index contributed by atoms with van der Waals surface area (Å²) < 4.78 is 5.22. The molecule has 1 saturated carbocycles. The quantitative estimate of drug-likeness (QED) is 0.763. The van der Waals surface area contributed by atoms with E-state index < -0.39 is 0 Å². The van der Waals surface area contributed by atoms with Gasteiger partial charge < -0.3 is 10.1 Å². The Labute approximate surface area is 108 Å². The van der Waals surface area contributed by atoms with Gasteiger partial charge >= 0.3 is 0 Å². The highest BCUT2D eigenvalue weighted by Gasteiger charge is 2.29. The average Bonchev–Trinajstić information content (AvgIpc) is 2.37. The minimum Gasteiger partial charge on any atom is -0.381 e. The number of aromatic nitrogens is 2. The first-order valence-electron chi connectivity index (χ1n) is 6.22. The van der Waals surface area contributed by atoms with Crippen LogP contribution in [-0.4, -0.2) is 29.5 Å². The van der Waals surface area contributed by atoms with Crippen LogP contribution in [0, 0.1) is 0 Å². The number of hydrogen-bond acceptors (Lipinski definition) is 4. The lowest BCUT2D eigenvalue weighted by Crippen LogP contribution is -2.40. The maximum Gasteiger partial charge on any atom is 0.272 e. The van der Waals surface area contributed by atoms with Gasteiger partial charge in [-0.3, -0.25) is 19.8 Å². The van der Waals surface area contributed by atoms with Crippen molar-refractivity contribution in [1.29, 1.82) is 0 Å². The van der Waals surface area contributed by atoms with Crippen LogP contribution in [0.3, 0.4) is 0 Å². The van der Waals surface area contributed by atoms with E-state index in [9.17, 15) is 9.59 Å². The number of H-pyrrole nitrogens is 2. The smallest absolute Gasteiger partial charge is 0.272 e. The highest BCUT2D eigenvalue weighted by molar-refractivity contribution is 5.92.